The highest BCUT2D eigenvalue weighted by Crippen LogP contribution is 2.35. The van der Waals surface area contributed by atoms with Crippen LogP contribution in [0.5, 0.6) is 11.6 Å². The van der Waals surface area contributed by atoms with Crippen molar-refractivity contribution in [3.63, 3.8) is 0 Å². The topological polar surface area (TPSA) is 119 Å². The summed E-state index contributed by atoms with van der Waals surface area (Å²) in [4.78, 5) is 12.2. The van der Waals surface area contributed by atoms with Crippen LogP contribution in [0, 0.1) is 5.82 Å². The number of pyridine rings is 1. The van der Waals surface area contributed by atoms with E-state index in [-0.39, 0.29) is 66.3 Å². The third kappa shape index (κ3) is 8.76. The van der Waals surface area contributed by atoms with E-state index in [9.17, 15) is 22.1 Å². The second-order valence-electron chi connectivity index (χ2n) is 9.37. The summed E-state index contributed by atoms with van der Waals surface area (Å²) in [6, 6.07) is -0.654. The molecule has 0 amide bonds. The SMILES string of the molecule is COc1cnc(Cl)c(F)c1-c1cn2ncnc2c(OCCOCC[C@H](CCC(F)(F)F)N[S@@+]([O-])C(C)(C)C)n1. The molecular weight excluding hydrogens is 568 g/mol. The van der Waals surface area contributed by atoms with E-state index in [1.165, 1.54) is 30.3 Å². The van der Waals surface area contributed by atoms with E-state index < -0.39 is 40.6 Å². The molecule has 0 aromatic carbocycles. The van der Waals surface area contributed by atoms with Gasteiger partial charge in [0.1, 0.15) is 23.4 Å². The number of halogens is 5. The second-order valence-corrected chi connectivity index (χ2v) is 11.7. The normalized spacial score (nSPS) is 14.0. The number of alkyl halides is 3. The summed E-state index contributed by atoms with van der Waals surface area (Å²) in [5.74, 6) is -0.703. The smallest absolute Gasteiger partial charge is 0.389 e. The number of aromatic nitrogens is 5. The minimum absolute atomic E-state index is 0.00423. The molecule has 0 aliphatic rings. The third-order valence-corrected chi connectivity index (χ3v) is 7.26. The molecule has 0 radical (unpaired) electrons. The monoisotopic (exact) mass is 596 g/mol. The standard InChI is InChI=1S/C23H29ClF4N6O4S/c1-22(2,3)39(35)33-14(5-7-23(26,27)28)6-8-37-9-10-38-21-20-30-13-31-34(20)12-15(32-21)17-16(36-4)11-29-19(24)18(17)25/h11-14,33H,5-10H2,1-4H3/t14-,39-/m0/s1. The molecule has 10 nitrogen and oxygen atoms in total. The Bertz CT molecular complexity index is 1240. The van der Waals surface area contributed by atoms with E-state index in [2.05, 4.69) is 24.8 Å². The van der Waals surface area contributed by atoms with Crippen molar-refractivity contribution in [2.24, 2.45) is 0 Å². The highest BCUT2D eigenvalue weighted by molar-refractivity contribution is 7.90. The van der Waals surface area contributed by atoms with Crippen LogP contribution in [0.15, 0.2) is 18.7 Å². The highest BCUT2D eigenvalue weighted by atomic mass is 35.5. The van der Waals surface area contributed by atoms with Crippen molar-refractivity contribution >= 4 is 28.6 Å². The van der Waals surface area contributed by atoms with Gasteiger partial charge in [-0.3, -0.25) is 0 Å². The number of hydrogen-bond acceptors (Lipinski definition) is 9. The molecule has 39 heavy (non-hydrogen) atoms. The van der Waals surface area contributed by atoms with Crippen molar-refractivity contribution < 1.29 is 36.3 Å². The van der Waals surface area contributed by atoms with Crippen LogP contribution in [0.3, 0.4) is 0 Å². The molecule has 216 valence electrons. The summed E-state index contributed by atoms with van der Waals surface area (Å²) < 4.78 is 85.4. The van der Waals surface area contributed by atoms with E-state index in [0.717, 1.165) is 0 Å². The molecule has 2 atom stereocenters. The molecule has 3 rings (SSSR count). The minimum atomic E-state index is -4.32. The van der Waals surface area contributed by atoms with Crippen LogP contribution in [0.25, 0.3) is 16.9 Å². The molecule has 0 aliphatic carbocycles. The average Bonchev–Trinajstić information content (AvgIpc) is 3.33. The zero-order chi connectivity index (χ0) is 28.8. The molecular formula is C23H29ClF4N6O4S. The quantitative estimate of drug-likeness (QED) is 0.131. The molecule has 0 bridgehead atoms. The fourth-order valence-corrected chi connectivity index (χ4v) is 4.35. The van der Waals surface area contributed by atoms with E-state index in [1.807, 2.05) is 0 Å². The van der Waals surface area contributed by atoms with Gasteiger partial charge in [0.25, 0.3) is 5.88 Å². The van der Waals surface area contributed by atoms with Crippen LogP contribution in [-0.2, 0) is 16.1 Å². The van der Waals surface area contributed by atoms with Crippen LogP contribution in [0.2, 0.25) is 5.15 Å². The number of fused-ring (bicyclic) bond motifs is 1. The molecule has 0 fully saturated rings. The molecule has 1 N–H and O–H groups in total. The Labute approximate surface area is 230 Å². The molecule has 3 heterocycles. The van der Waals surface area contributed by atoms with Gasteiger partial charge in [-0.15, -0.1) is 4.72 Å². The summed E-state index contributed by atoms with van der Waals surface area (Å²) in [6.45, 7) is 5.37. The van der Waals surface area contributed by atoms with Crippen molar-refractivity contribution in [3.8, 4) is 22.9 Å². The number of hydrogen-bond donors (Lipinski definition) is 1. The number of nitrogens with zero attached hydrogens (tertiary/aromatic N) is 5. The molecule has 0 spiro atoms. The van der Waals surface area contributed by atoms with Crippen LogP contribution in [-0.4, -0.2) is 73.0 Å². The van der Waals surface area contributed by atoms with Gasteiger partial charge in [0, 0.05) is 24.4 Å². The number of methoxy groups -OCH3 is 1. The lowest BCUT2D eigenvalue weighted by atomic mass is 10.1. The zero-order valence-electron chi connectivity index (χ0n) is 21.7. The predicted octanol–water partition coefficient (Wildman–Crippen LogP) is 4.54. The Balaban J connectivity index is 1.62. The predicted molar refractivity (Wildman–Crippen MR) is 137 cm³/mol. The highest BCUT2D eigenvalue weighted by Gasteiger charge is 2.33. The molecule has 0 unspecified atom stereocenters. The molecule has 3 aromatic heterocycles. The Kier molecular flexibility index (Phi) is 10.6. The maximum absolute atomic E-state index is 14.8. The number of ether oxygens (including phenoxy) is 3. The Morgan fingerprint density at radius 2 is 1.90 bits per heavy atom. The lowest BCUT2D eigenvalue weighted by molar-refractivity contribution is -0.136. The van der Waals surface area contributed by atoms with Gasteiger partial charge in [-0.05, 0) is 33.6 Å². The molecule has 16 heteroatoms. The van der Waals surface area contributed by atoms with E-state index in [0.29, 0.717) is 0 Å². The summed E-state index contributed by atoms with van der Waals surface area (Å²) in [7, 11) is 1.35. The molecule has 0 saturated heterocycles. The number of rotatable bonds is 13. The van der Waals surface area contributed by atoms with Gasteiger partial charge in [0.2, 0.25) is 5.65 Å². The minimum Gasteiger partial charge on any atom is -0.598 e. The largest absolute Gasteiger partial charge is 0.598 e. The van der Waals surface area contributed by atoms with Gasteiger partial charge in [-0.25, -0.2) is 23.9 Å². The Hall–Kier alpha value is -2.46. The second kappa shape index (κ2) is 13.3. The van der Waals surface area contributed by atoms with E-state index >= 15 is 0 Å². The van der Waals surface area contributed by atoms with Crippen molar-refractivity contribution in [2.75, 3.05) is 26.9 Å². The Morgan fingerprint density at radius 3 is 2.56 bits per heavy atom. The first-order valence-electron chi connectivity index (χ1n) is 11.8. The fourth-order valence-electron chi connectivity index (χ4n) is 3.31. The Morgan fingerprint density at radius 1 is 1.15 bits per heavy atom. The van der Waals surface area contributed by atoms with Gasteiger partial charge < -0.3 is 18.8 Å². The van der Waals surface area contributed by atoms with Gasteiger partial charge >= 0.3 is 6.18 Å². The first-order valence-corrected chi connectivity index (χ1v) is 13.4. The van der Waals surface area contributed by atoms with Crippen LogP contribution < -0.4 is 14.2 Å². The van der Waals surface area contributed by atoms with E-state index in [4.69, 9.17) is 25.8 Å². The molecule has 0 aliphatic heterocycles. The van der Waals surface area contributed by atoms with Crippen LogP contribution >= 0.6 is 11.6 Å². The lowest BCUT2D eigenvalue weighted by Crippen LogP contribution is -2.45. The summed E-state index contributed by atoms with van der Waals surface area (Å²) in [5, 5.41) is 3.69. The van der Waals surface area contributed by atoms with Crippen LogP contribution in [0.1, 0.15) is 40.0 Å². The fraction of sp³-hybridized carbons (Fsp3) is 0.565. The first-order chi connectivity index (χ1) is 18.3. The average molecular weight is 597 g/mol. The van der Waals surface area contributed by atoms with Crippen LogP contribution in [0.4, 0.5) is 17.6 Å². The van der Waals surface area contributed by atoms with Crippen molar-refractivity contribution in [2.45, 2.75) is 57.0 Å². The first kappa shape index (κ1) is 31.1. The summed E-state index contributed by atoms with van der Waals surface area (Å²) >= 11 is 4.31. The molecule has 3 aromatic rings. The lowest BCUT2D eigenvalue weighted by Gasteiger charge is -2.28. The zero-order valence-corrected chi connectivity index (χ0v) is 23.3. The maximum Gasteiger partial charge on any atom is 0.389 e. The van der Waals surface area contributed by atoms with Gasteiger partial charge in [0.05, 0.1) is 43.4 Å². The van der Waals surface area contributed by atoms with Gasteiger partial charge in [-0.1, -0.05) is 11.6 Å². The third-order valence-electron chi connectivity index (χ3n) is 5.33. The van der Waals surface area contributed by atoms with Crippen molar-refractivity contribution in [1.82, 2.24) is 29.3 Å². The maximum atomic E-state index is 14.8. The summed E-state index contributed by atoms with van der Waals surface area (Å²) in [6.07, 6.45) is -1.38. The molecule has 0 saturated carbocycles. The summed E-state index contributed by atoms with van der Waals surface area (Å²) in [5.41, 5.74) is 0.327. The van der Waals surface area contributed by atoms with Crippen molar-refractivity contribution in [1.29, 1.82) is 0 Å². The van der Waals surface area contributed by atoms with Gasteiger partial charge in [0.15, 0.2) is 11.0 Å². The van der Waals surface area contributed by atoms with E-state index in [1.54, 1.807) is 20.8 Å². The van der Waals surface area contributed by atoms with Gasteiger partial charge in [-0.2, -0.15) is 18.3 Å². The number of nitrogens with one attached hydrogen (secondary N) is 1. The van der Waals surface area contributed by atoms with Crippen molar-refractivity contribution in [3.05, 3.63) is 29.7 Å².